The molecule has 1 aliphatic heterocycles. The Hall–Kier alpha value is -2.05. The zero-order valence-corrected chi connectivity index (χ0v) is 15.2. The van der Waals surface area contributed by atoms with Gasteiger partial charge in [-0.3, -0.25) is 0 Å². The zero-order chi connectivity index (χ0) is 17.9. The smallest absolute Gasteiger partial charge is 0.243 e. The molecular formula is C19H24N2O3S. The second kappa shape index (κ2) is 7.45. The van der Waals surface area contributed by atoms with Crippen LogP contribution in [0.5, 0.6) is 5.75 Å². The van der Waals surface area contributed by atoms with Gasteiger partial charge in [0, 0.05) is 25.3 Å². The van der Waals surface area contributed by atoms with E-state index >= 15 is 0 Å². The van der Waals surface area contributed by atoms with Crippen molar-refractivity contribution in [2.75, 3.05) is 18.4 Å². The van der Waals surface area contributed by atoms with Gasteiger partial charge >= 0.3 is 0 Å². The Bertz CT molecular complexity index is 843. The standard InChI is InChI=1S/C19H24N2O3S/c1-15-8-9-18(25(23,24)21-10-3-2-4-11-21)13-19(15)20-14-16-6-5-7-17(22)12-16/h5-9,12-13,20,22H,2-4,10-11,14H2,1H3. The molecule has 0 bridgehead atoms. The summed E-state index contributed by atoms with van der Waals surface area (Å²) in [6.45, 7) is 3.66. The zero-order valence-electron chi connectivity index (χ0n) is 14.4. The second-order valence-corrected chi connectivity index (χ2v) is 8.40. The lowest BCUT2D eigenvalue weighted by Gasteiger charge is -2.26. The quantitative estimate of drug-likeness (QED) is 0.856. The van der Waals surface area contributed by atoms with Gasteiger partial charge in [-0.1, -0.05) is 24.6 Å². The van der Waals surface area contributed by atoms with Crippen LogP contribution in [0.25, 0.3) is 0 Å². The summed E-state index contributed by atoms with van der Waals surface area (Å²) in [6, 6.07) is 12.2. The van der Waals surface area contributed by atoms with Crippen LogP contribution in [0.4, 0.5) is 5.69 Å². The Morgan fingerprint density at radius 3 is 2.56 bits per heavy atom. The van der Waals surface area contributed by atoms with Gasteiger partial charge < -0.3 is 10.4 Å². The monoisotopic (exact) mass is 360 g/mol. The van der Waals surface area contributed by atoms with Crippen molar-refractivity contribution in [2.24, 2.45) is 0 Å². The van der Waals surface area contributed by atoms with Gasteiger partial charge in [0.05, 0.1) is 4.90 Å². The molecule has 2 N–H and O–H groups in total. The molecule has 3 rings (SSSR count). The minimum atomic E-state index is -3.44. The molecule has 1 fully saturated rings. The van der Waals surface area contributed by atoms with Crippen LogP contribution < -0.4 is 5.32 Å². The van der Waals surface area contributed by atoms with Gasteiger partial charge in [0.2, 0.25) is 10.0 Å². The number of nitrogens with one attached hydrogen (secondary N) is 1. The molecule has 0 radical (unpaired) electrons. The van der Waals surface area contributed by atoms with E-state index < -0.39 is 10.0 Å². The number of phenolic OH excluding ortho intramolecular Hbond substituents is 1. The number of piperidine rings is 1. The van der Waals surface area contributed by atoms with Crippen molar-refractivity contribution in [3.63, 3.8) is 0 Å². The highest BCUT2D eigenvalue weighted by Gasteiger charge is 2.26. The summed E-state index contributed by atoms with van der Waals surface area (Å²) in [5, 5.41) is 12.8. The molecule has 1 aliphatic rings. The predicted octanol–water partition coefficient (Wildman–Crippen LogP) is 3.49. The van der Waals surface area contributed by atoms with Crippen LogP contribution in [-0.2, 0) is 16.6 Å². The Labute approximate surface area is 149 Å². The van der Waals surface area contributed by atoms with Crippen molar-refractivity contribution in [1.82, 2.24) is 4.31 Å². The molecule has 0 aromatic heterocycles. The van der Waals surface area contributed by atoms with Gasteiger partial charge in [0.25, 0.3) is 0 Å². The molecule has 0 unspecified atom stereocenters. The van der Waals surface area contributed by atoms with Crippen LogP contribution in [0.15, 0.2) is 47.4 Å². The summed E-state index contributed by atoms with van der Waals surface area (Å²) in [4.78, 5) is 0.332. The highest BCUT2D eigenvalue weighted by molar-refractivity contribution is 7.89. The largest absolute Gasteiger partial charge is 0.508 e. The first-order valence-corrected chi connectivity index (χ1v) is 10.0. The minimum Gasteiger partial charge on any atom is -0.508 e. The second-order valence-electron chi connectivity index (χ2n) is 6.46. The van der Waals surface area contributed by atoms with Crippen LogP contribution >= 0.6 is 0 Å². The lowest BCUT2D eigenvalue weighted by molar-refractivity contribution is 0.346. The maximum atomic E-state index is 12.8. The third-order valence-corrected chi connectivity index (χ3v) is 6.45. The fourth-order valence-corrected chi connectivity index (χ4v) is 4.61. The van der Waals surface area contributed by atoms with Crippen molar-refractivity contribution >= 4 is 15.7 Å². The summed E-state index contributed by atoms with van der Waals surface area (Å²) in [5.41, 5.74) is 2.71. The molecule has 0 spiro atoms. The molecule has 134 valence electrons. The molecule has 2 aromatic carbocycles. The van der Waals surface area contributed by atoms with E-state index in [-0.39, 0.29) is 5.75 Å². The Kier molecular flexibility index (Phi) is 5.30. The number of hydrogen-bond acceptors (Lipinski definition) is 4. The fraction of sp³-hybridized carbons (Fsp3) is 0.368. The fourth-order valence-electron chi connectivity index (χ4n) is 3.07. The maximum Gasteiger partial charge on any atom is 0.243 e. The third kappa shape index (κ3) is 4.14. The van der Waals surface area contributed by atoms with E-state index in [4.69, 9.17) is 0 Å². The van der Waals surface area contributed by atoms with E-state index in [9.17, 15) is 13.5 Å². The van der Waals surface area contributed by atoms with Gasteiger partial charge in [0.15, 0.2) is 0 Å². The molecule has 2 aromatic rings. The van der Waals surface area contributed by atoms with E-state index in [2.05, 4.69) is 5.32 Å². The van der Waals surface area contributed by atoms with Gasteiger partial charge in [-0.15, -0.1) is 0 Å². The lowest BCUT2D eigenvalue weighted by Crippen LogP contribution is -2.35. The molecular weight excluding hydrogens is 336 g/mol. The van der Waals surface area contributed by atoms with Crippen molar-refractivity contribution in [3.8, 4) is 5.75 Å². The van der Waals surface area contributed by atoms with Crippen LogP contribution in [0.1, 0.15) is 30.4 Å². The number of rotatable bonds is 5. The molecule has 1 heterocycles. The van der Waals surface area contributed by atoms with Crippen LogP contribution in [0, 0.1) is 6.92 Å². The number of sulfonamides is 1. The highest BCUT2D eigenvalue weighted by atomic mass is 32.2. The third-order valence-electron chi connectivity index (χ3n) is 4.56. The number of anilines is 1. The van der Waals surface area contributed by atoms with Crippen molar-refractivity contribution in [3.05, 3.63) is 53.6 Å². The summed E-state index contributed by atoms with van der Waals surface area (Å²) in [7, 11) is -3.44. The van der Waals surface area contributed by atoms with Gasteiger partial charge in [-0.2, -0.15) is 4.31 Å². The molecule has 0 amide bonds. The predicted molar refractivity (Wildman–Crippen MR) is 99.2 cm³/mol. The highest BCUT2D eigenvalue weighted by Crippen LogP contribution is 2.25. The van der Waals surface area contributed by atoms with E-state index in [1.807, 2.05) is 19.1 Å². The van der Waals surface area contributed by atoms with E-state index in [0.29, 0.717) is 24.5 Å². The lowest BCUT2D eigenvalue weighted by atomic mass is 10.1. The first kappa shape index (κ1) is 17.8. The van der Waals surface area contributed by atoms with Crippen molar-refractivity contribution in [2.45, 2.75) is 37.6 Å². The van der Waals surface area contributed by atoms with Gasteiger partial charge in [-0.05, 0) is 55.2 Å². The average molecular weight is 360 g/mol. The molecule has 0 atom stereocenters. The summed E-state index contributed by atoms with van der Waals surface area (Å²) >= 11 is 0. The first-order valence-electron chi connectivity index (χ1n) is 8.59. The average Bonchev–Trinajstić information content (AvgIpc) is 2.61. The summed E-state index contributed by atoms with van der Waals surface area (Å²) in [5.74, 6) is 0.220. The number of aryl methyl sites for hydroxylation is 1. The van der Waals surface area contributed by atoms with Gasteiger partial charge in [-0.25, -0.2) is 8.42 Å². The normalized spacial score (nSPS) is 15.9. The maximum absolute atomic E-state index is 12.8. The number of hydrogen-bond donors (Lipinski definition) is 2. The van der Waals surface area contributed by atoms with Gasteiger partial charge in [0.1, 0.15) is 5.75 Å². The minimum absolute atomic E-state index is 0.220. The summed E-state index contributed by atoms with van der Waals surface area (Å²) in [6.07, 6.45) is 2.94. The number of benzene rings is 2. The van der Waals surface area contributed by atoms with E-state index in [1.54, 1.807) is 34.6 Å². The number of phenols is 1. The Morgan fingerprint density at radius 2 is 1.84 bits per heavy atom. The Balaban J connectivity index is 1.80. The molecule has 1 saturated heterocycles. The number of nitrogens with zero attached hydrogens (tertiary/aromatic N) is 1. The van der Waals surface area contributed by atoms with Crippen molar-refractivity contribution in [1.29, 1.82) is 0 Å². The molecule has 5 nitrogen and oxygen atoms in total. The molecule has 0 aliphatic carbocycles. The summed E-state index contributed by atoms with van der Waals surface area (Å²) < 4.78 is 27.3. The topological polar surface area (TPSA) is 69.6 Å². The number of aromatic hydroxyl groups is 1. The SMILES string of the molecule is Cc1ccc(S(=O)(=O)N2CCCCC2)cc1NCc1cccc(O)c1. The molecule has 25 heavy (non-hydrogen) atoms. The van der Waals surface area contributed by atoms with Crippen LogP contribution in [0.2, 0.25) is 0 Å². The van der Waals surface area contributed by atoms with E-state index in [0.717, 1.165) is 36.1 Å². The van der Waals surface area contributed by atoms with Crippen LogP contribution in [0.3, 0.4) is 0 Å². The van der Waals surface area contributed by atoms with E-state index in [1.165, 1.54) is 0 Å². The molecule has 0 saturated carbocycles. The Morgan fingerprint density at radius 1 is 1.08 bits per heavy atom. The van der Waals surface area contributed by atoms with Crippen molar-refractivity contribution < 1.29 is 13.5 Å². The van der Waals surface area contributed by atoms with Crippen LogP contribution in [-0.4, -0.2) is 30.9 Å². The first-order chi connectivity index (χ1) is 12.0. The molecule has 6 heteroatoms.